The molecule has 0 aliphatic carbocycles. The minimum absolute atomic E-state index is 0.0716. The van der Waals surface area contributed by atoms with Crippen molar-refractivity contribution in [2.75, 3.05) is 13.2 Å². The maximum Gasteiger partial charge on any atom is 0.408 e. The second kappa shape index (κ2) is 11.9. The fourth-order valence-corrected chi connectivity index (χ4v) is 5.64. The van der Waals surface area contributed by atoms with Crippen LogP contribution in [0.3, 0.4) is 0 Å². The maximum atomic E-state index is 13.5. The predicted octanol–water partition coefficient (Wildman–Crippen LogP) is 4.66. The highest BCUT2D eigenvalue weighted by atomic mass is 16.6. The number of amides is 1. The Morgan fingerprint density at radius 1 is 1.12 bits per heavy atom. The number of carbonyl (C=O) groups excluding carboxylic acids is 4. The lowest BCUT2D eigenvalue weighted by molar-refractivity contribution is -0.158. The highest BCUT2D eigenvalue weighted by Gasteiger charge is 2.51. The third-order valence-electron chi connectivity index (χ3n) is 8.12. The van der Waals surface area contributed by atoms with Gasteiger partial charge in [0.1, 0.15) is 24.1 Å². The van der Waals surface area contributed by atoms with Crippen molar-refractivity contribution < 1.29 is 33.4 Å². The lowest BCUT2D eigenvalue weighted by Gasteiger charge is -2.35. The summed E-state index contributed by atoms with van der Waals surface area (Å²) >= 11 is 0. The number of cyclic esters (lactones) is 1. The van der Waals surface area contributed by atoms with E-state index in [1.165, 1.54) is 6.92 Å². The van der Waals surface area contributed by atoms with Gasteiger partial charge in [-0.3, -0.25) is 19.4 Å². The van der Waals surface area contributed by atoms with Crippen LogP contribution in [0.2, 0.25) is 0 Å². The zero-order chi connectivity index (χ0) is 29.1. The van der Waals surface area contributed by atoms with Crippen LogP contribution in [-0.2, 0) is 28.6 Å². The number of nitrogens with one attached hydrogen (secondary N) is 1. The summed E-state index contributed by atoms with van der Waals surface area (Å²) < 4.78 is 17.2. The van der Waals surface area contributed by atoms with E-state index in [9.17, 15) is 19.2 Å². The van der Waals surface area contributed by atoms with Crippen molar-refractivity contribution in [1.82, 2.24) is 10.3 Å². The zero-order valence-electron chi connectivity index (χ0n) is 23.8. The van der Waals surface area contributed by atoms with Gasteiger partial charge in [-0.25, -0.2) is 4.79 Å². The van der Waals surface area contributed by atoms with Crippen LogP contribution in [0, 0.1) is 17.8 Å². The highest BCUT2D eigenvalue weighted by Crippen LogP contribution is 2.34. The quantitative estimate of drug-likeness (QED) is 0.431. The molecule has 1 amide bonds. The molecule has 6 atom stereocenters. The van der Waals surface area contributed by atoms with E-state index < -0.39 is 47.1 Å². The molecule has 0 bridgehead atoms. The standard InChI is InChI=1S/C31H38N2O7/c1-19-16-30(4,39-14-8-9-22-15-23-10-6-7-11-24(23)32-17-22)13-12-25(34)20(2)28(36)38-18-31(5)27(21(3)26(19)35)33-29(37)40-31/h6-11,15,17,19-21,27H,12-14,16,18H2,1-5H3,(H,33,37)/b9-8+/t19-,20?,21?,27?,30+,31-/m1/s1. The molecule has 2 saturated heterocycles. The van der Waals surface area contributed by atoms with Crippen LogP contribution in [-0.4, -0.2) is 59.1 Å². The first-order valence-electron chi connectivity index (χ1n) is 13.8. The van der Waals surface area contributed by atoms with E-state index in [1.807, 2.05) is 56.3 Å². The molecule has 9 heteroatoms. The minimum atomic E-state index is -1.24. The molecular formula is C31H38N2O7. The number of esters is 1. The van der Waals surface area contributed by atoms with Gasteiger partial charge in [0.15, 0.2) is 5.60 Å². The summed E-state index contributed by atoms with van der Waals surface area (Å²) in [5.74, 6) is -3.03. The van der Waals surface area contributed by atoms with E-state index in [1.54, 1.807) is 20.0 Å². The Morgan fingerprint density at radius 2 is 1.88 bits per heavy atom. The van der Waals surface area contributed by atoms with Gasteiger partial charge in [-0.05, 0) is 51.3 Å². The minimum Gasteiger partial charge on any atom is -0.461 e. The molecule has 3 heterocycles. The van der Waals surface area contributed by atoms with Crippen molar-refractivity contribution in [1.29, 1.82) is 0 Å². The largest absolute Gasteiger partial charge is 0.461 e. The molecule has 0 saturated carbocycles. The lowest BCUT2D eigenvalue weighted by atomic mass is 9.77. The van der Waals surface area contributed by atoms with Gasteiger partial charge in [0, 0.05) is 29.8 Å². The van der Waals surface area contributed by atoms with E-state index >= 15 is 0 Å². The molecule has 3 unspecified atom stereocenters. The van der Waals surface area contributed by atoms with Crippen LogP contribution < -0.4 is 5.32 Å². The monoisotopic (exact) mass is 550 g/mol. The molecule has 1 aromatic carbocycles. The molecule has 2 fully saturated rings. The first-order chi connectivity index (χ1) is 18.9. The molecule has 1 N–H and O–H groups in total. The SMILES string of the molecule is CC1C(=O)CC[C@](C)(OC/C=C/c2cnc3ccccc3c2)C[C@@H](C)C(=O)C(C)C2NC(=O)O[C@]2(C)COC1=O. The molecular weight excluding hydrogens is 512 g/mol. The number of ketones is 2. The average molecular weight is 551 g/mol. The number of fused-ring (bicyclic) bond motifs is 2. The average Bonchev–Trinajstić information content (AvgIpc) is 3.24. The smallest absolute Gasteiger partial charge is 0.408 e. The van der Waals surface area contributed by atoms with Crippen LogP contribution in [0.15, 0.2) is 42.6 Å². The predicted molar refractivity (Wildman–Crippen MR) is 149 cm³/mol. The van der Waals surface area contributed by atoms with Crippen molar-refractivity contribution in [3.8, 4) is 0 Å². The molecule has 2 aliphatic rings. The van der Waals surface area contributed by atoms with Gasteiger partial charge in [-0.1, -0.05) is 44.2 Å². The van der Waals surface area contributed by atoms with E-state index in [4.69, 9.17) is 14.2 Å². The van der Waals surface area contributed by atoms with E-state index in [2.05, 4.69) is 10.3 Å². The Morgan fingerprint density at radius 3 is 2.65 bits per heavy atom. The van der Waals surface area contributed by atoms with Crippen LogP contribution >= 0.6 is 0 Å². The Hall–Kier alpha value is -3.59. The molecule has 1 aromatic heterocycles. The summed E-state index contributed by atoms with van der Waals surface area (Å²) in [7, 11) is 0. The van der Waals surface area contributed by atoms with Gasteiger partial charge < -0.3 is 19.5 Å². The van der Waals surface area contributed by atoms with Crippen molar-refractivity contribution >= 4 is 40.6 Å². The number of nitrogens with zero attached hydrogens (tertiary/aromatic N) is 1. The van der Waals surface area contributed by atoms with Crippen molar-refractivity contribution in [2.45, 2.75) is 71.1 Å². The number of rotatable bonds is 4. The fourth-order valence-electron chi connectivity index (χ4n) is 5.64. The highest BCUT2D eigenvalue weighted by molar-refractivity contribution is 5.98. The molecule has 0 spiro atoms. The number of ether oxygens (including phenoxy) is 3. The van der Waals surface area contributed by atoms with Crippen LogP contribution in [0.4, 0.5) is 4.79 Å². The van der Waals surface area contributed by atoms with Crippen molar-refractivity contribution in [3.63, 3.8) is 0 Å². The molecule has 2 aliphatic heterocycles. The number of Topliss-reactive ketones (excluding diaryl/α,β-unsaturated/α-hetero) is 2. The molecule has 40 heavy (non-hydrogen) atoms. The number of benzene rings is 1. The fraction of sp³-hybridized carbons (Fsp3) is 0.516. The molecule has 2 aromatic rings. The first kappa shape index (κ1) is 29.4. The normalized spacial score (nSPS) is 32.3. The van der Waals surface area contributed by atoms with Crippen LogP contribution in [0.1, 0.15) is 59.4 Å². The van der Waals surface area contributed by atoms with Gasteiger partial charge in [-0.2, -0.15) is 0 Å². The van der Waals surface area contributed by atoms with E-state index in [0.717, 1.165) is 16.5 Å². The van der Waals surface area contributed by atoms with E-state index in [0.29, 0.717) is 12.8 Å². The van der Waals surface area contributed by atoms with E-state index in [-0.39, 0.29) is 31.2 Å². The molecule has 0 radical (unpaired) electrons. The summed E-state index contributed by atoms with van der Waals surface area (Å²) in [6, 6.07) is 9.23. The number of pyridine rings is 1. The summed E-state index contributed by atoms with van der Waals surface area (Å²) in [5, 5.41) is 3.75. The van der Waals surface area contributed by atoms with Crippen molar-refractivity contribution in [3.05, 3.63) is 48.2 Å². The third-order valence-corrected chi connectivity index (χ3v) is 8.12. The van der Waals surface area contributed by atoms with Gasteiger partial charge in [0.25, 0.3) is 0 Å². The summed E-state index contributed by atoms with van der Waals surface area (Å²) in [5.41, 5.74) is -0.204. The number of hydrogen-bond acceptors (Lipinski definition) is 8. The number of aromatic nitrogens is 1. The van der Waals surface area contributed by atoms with Gasteiger partial charge in [0.2, 0.25) is 0 Å². The summed E-state index contributed by atoms with van der Waals surface area (Å²) in [6.45, 7) is 8.62. The summed E-state index contributed by atoms with van der Waals surface area (Å²) in [4.78, 5) is 55.7. The number of hydrogen-bond donors (Lipinski definition) is 1. The lowest BCUT2D eigenvalue weighted by Crippen LogP contribution is -2.52. The van der Waals surface area contributed by atoms with Crippen LogP contribution in [0.25, 0.3) is 17.0 Å². The number of para-hydroxylation sites is 1. The van der Waals surface area contributed by atoms with Crippen molar-refractivity contribution in [2.24, 2.45) is 17.8 Å². The second-order valence-electron chi connectivity index (χ2n) is 11.5. The van der Waals surface area contributed by atoms with Gasteiger partial charge in [0.05, 0.1) is 23.8 Å². The van der Waals surface area contributed by atoms with Gasteiger partial charge in [-0.15, -0.1) is 0 Å². The Labute approximate surface area is 234 Å². The van der Waals surface area contributed by atoms with Crippen LogP contribution in [0.5, 0.6) is 0 Å². The van der Waals surface area contributed by atoms with Gasteiger partial charge >= 0.3 is 12.1 Å². The number of alkyl carbamates (subject to hydrolysis) is 1. The molecule has 9 nitrogen and oxygen atoms in total. The third kappa shape index (κ3) is 6.58. The molecule has 4 rings (SSSR count). The summed E-state index contributed by atoms with van der Waals surface area (Å²) in [6.07, 6.45) is 5.73. The first-order valence-corrected chi connectivity index (χ1v) is 13.8. The topological polar surface area (TPSA) is 121 Å². The Bertz CT molecular complexity index is 1320. The zero-order valence-corrected chi connectivity index (χ0v) is 23.8. The second-order valence-corrected chi connectivity index (χ2v) is 11.5. The maximum absolute atomic E-state index is 13.5. The number of carbonyl (C=O) groups is 4. The Kier molecular flexibility index (Phi) is 8.73. The Balaban J connectivity index is 1.52. The molecule has 214 valence electrons.